The van der Waals surface area contributed by atoms with Gasteiger partial charge in [-0.1, -0.05) is 0 Å². The molecule has 0 saturated carbocycles. The van der Waals surface area contributed by atoms with Crippen LogP contribution in [0.2, 0.25) is 0 Å². The zero-order valence-electron chi connectivity index (χ0n) is 11.2. The molecule has 0 fully saturated rings. The number of rotatable bonds is 2. The molecule has 5 heteroatoms. The van der Waals surface area contributed by atoms with Gasteiger partial charge in [-0.05, 0) is 24.6 Å². The van der Waals surface area contributed by atoms with Crippen LogP contribution in [0.15, 0.2) is 36.9 Å². The lowest BCUT2D eigenvalue weighted by molar-refractivity contribution is 1.06. The zero-order chi connectivity index (χ0) is 13.4. The summed E-state index contributed by atoms with van der Waals surface area (Å²) in [6, 6.07) is 3.95. The predicted octanol–water partition coefficient (Wildman–Crippen LogP) is 2.17. The van der Waals surface area contributed by atoms with Crippen LogP contribution < -0.4 is 4.90 Å². The molecule has 0 aliphatic rings. The number of imidazole rings is 1. The number of pyridine rings is 1. The molecule has 0 aliphatic heterocycles. The van der Waals surface area contributed by atoms with Crippen molar-refractivity contribution in [2.24, 2.45) is 0 Å². The third-order valence-electron chi connectivity index (χ3n) is 3.07. The number of aromatic nitrogens is 4. The zero-order valence-corrected chi connectivity index (χ0v) is 11.2. The Morgan fingerprint density at radius 2 is 2.05 bits per heavy atom. The van der Waals surface area contributed by atoms with Gasteiger partial charge in [0.15, 0.2) is 0 Å². The molecule has 0 saturated heterocycles. The largest absolute Gasteiger partial charge is 0.363 e. The fourth-order valence-corrected chi connectivity index (χ4v) is 2.01. The van der Waals surface area contributed by atoms with Crippen molar-refractivity contribution in [1.82, 2.24) is 19.4 Å². The minimum Gasteiger partial charge on any atom is -0.363 e. The number of fused-ring (bicyclic) bond motifs is 1. The number of nitrogens with zero attached hydrogens (tertiary/aromatic N) is 5. The summed E-state index contributed by atoms with van der Waals surface area (Å²) in [7, 11) is 3.96. The van der Waals surface area contributed by atoms with E-state index in [-0.39, 0.29) is 0 Å². The summed E-state index contributed by atoms with van der Waals surface area (Å²) in [4.78, 5) is 15.2. The molecule has 0 spiro atoms. The lowest BCUT2D eigenvalue weighted by atomic mass is 10.1. The SMILES string of the molecule is Cc1cc(N(C)C)ncc1-c1cn2cccnc2n1. The van der Waals surface area contributed by atoms with E-state index in [1.54, 1.807) is 6.20 Å². The van der Waals surface area contributed by atoms with E-state index in [4.69, 9.17) is 0 Å². The van der Waals surface area contributed by atoms with Gasteiger partial charge in [-0.3, -0.25) is 4.40 Å². The van der Waals surface area contributed by atoms with Crippen molar-refractivity contribution in [2.45, 2.75) is 6.92 Å². The Bertz CT molecular complexity index is 697. The minimum atomic E-state index is 0.702. The molecule has 0 amide bonds. The van der Waals surface area contributed by atoms with E-state index in [9.17, 15) is 0 Å². The number of hydrogen-bond donors (Lipinski definition) is 0. The Hall–Kier alpha value is -2.43. The van der Waals surface area contributed by atoms with Crippen LogP contribution in [0.1, 0.15) is 5.56 Å². The smallest absolute Gasteiger partial charge is 0.234 e. The number of anilines is 1. The molecular weight excluding hydrogens is 238 g/mol. The fourth-order valence-electron chi connectivity index (χ4n) is 2.01. The molecule has 5 nitrogen and oxygen atoms in total. The van der Waals surface area contributed by atoms with E-state index in [1.807, 2.05) is 48.1 Å². The maximum absolute atomic E-state index is 4.52. The minimum absolute atomic E-state index is 0.702. The van der Waals surface area contributed by atoms with Crippen LogP contribution in [0, 0.1) is 6.92 Å². The molecule has 0 aliphatic carbocycles. The molecule has 3 aromatic heterocycles. The van der Waals surface area contributed by atoms with Crippen molar-refractivity contribution >= 4 is 11.6 Å². The first-order valence-corrected chi connectivity index (χ1v) is 6.09. The van der Waals surface area contributed by atoms with Crippen LogP contribution in [0.3, 0.4) is 0 Å². The first kappa shape index (κ1) is 11.6. The van der Waals surface area contributed by atoms with Gasteiger partial charge in [-0.2, -0.15) is 0 Å². The van der Waals surface area contributed by atoms with Crippen LogP contribution in [0.4, 0.5) is 5.82 Å². The van der Waals surface area contributed by atoms with Crippen LogP contribution in [-0.2, 0) is 0 Å². The lowest BCUT2D eigenvalue weighted by Crippen LogP contribution is -2.10. The van der Waals surface area contributed by atoms with E-state index in [1.165, 1.54) is 0 Å². The Labute approximate surface area is 111 Å². The summed E-state index contributed by atoms with van der Waals surface area (Å²) in [6.45, 7) is 2.07. The summed E-state index contributed by atoms with van der Waals surface area (Å²) in [5.41, 5.74) is 3.09. The summed E-state index contributed by atoms with van der Waals surface area (Å²) in [5, 5.41) is 0. The highest BCUT2D eigenvalue weighted by molar-refractivity contribution is 5.66. The van der Waals surface area contributed by atoms with Gasteiger partial charge in [0.1, 0.15) is 5.82 Å². The van der Waals surface area contributed by atoms with Crippen molar-refractivity contribution in [3.63, 3.8) is 0 Å². The molecule has 0 radical (unpaired) electrons. The second-order valence-corrected chi connectivity index (χ2v) is 4.70. The van der Waals surface area contributed by atoms with Gasteiger partial charge in [0.2, 0.25) is 5.78 Å². The van der Waals surface area contributed by atoms with Crippen LogP contribution in [-0.4, -0.2) is 33.4 Å². The average molecular weight is 253 g/mol. The van der Waals surface area contributed by atoms with Gasteiger partial charge < -0.3 is 4.90 Å². The summed E-state index contributed by atoms with van der Waals surface area (Å²) < 4.78 is 1.91. The number of aryl methyl sites for hydroxylation is 1. The van der Waals surface area contributed by atoms with Crippen molar-refractivity contribution in [1.29, 1.82) is 0 Å². The maximum atomic E-state index is 4.52. The average Bonchev–Trinajstić information content (AvgIpc) is 2.81. The van der Waals surface area contributed by atoms with Crippen molar-refractivity contribution in [3.8, 4) is 11.3 Å². The number of hydrogen-bond acceptors (Lipinski definition) is 4. The molecule has 3 aromatic rings. The first-order valence-electron chi connectivity index (χ1n) is 6.09. The maximum Gasteiger partial charge on any atom is 0.234 e. The molecule has 0 unspecified atom stereocenters. The van der Waals surface area contributed by atoms with Crippen LogP contribution in [0.5, 0.6) is 0 Å². The summed E-state index contributed by atoms with van der Waals surface area (Å²) >= 11 is 0. The molecular formula is C14H15N5. The molecule has 0 atom stereocenters. The van der Waals surface area contributed by atoms with Gasteiger partial charge in [-0.25, -0.2) is 15.0 Å². The molecule has 3 rings (SSSR count). The van der Waals surface area contributed by atoms with E-state index in [0.29, 0.717) is 5.78 Å². The highest BCUT2D eigenvalue weighted by atomic mass is 15.1. The first-order chi connectivity index (χ1) is 9.15. The van der Waals surface area contributed by atoms with Gasteiger partial charge in [0.25, 0.3) is 0 Å². The summed E-state index contributed by atoms with van der Waals surface area (Å²) in [5.74, 6) is 1.65. The van der Waals surface area contributed by atoms with Gasteiger partial charge in [-0.15, -0.1) is 0 Å². The molecule has 19 heavy (non-hydrogen) atoms. The van der Waals surface area contributed by atoms with Gasteiger partial charge >= 0.3 is 0 Å². The Kier molecular flexibility index (Phi) is 2.67. The topological polar surface area (TPSA) is 46.3 Å². The van der Waals surface area contributed by atoms with Crippen molar-refractivity contribution in [3.05, 3.63) is 42.5 Å². The highest BCUT2D eigenvalue weighted by Gasteiger charge is 2.09. The van der Waals surface area contributed by atoms with Crippen molar-refractivity contribution in [2.75, 3.05) is 19.0 Å². The molecule has 3 heterocycles. The van der Waals surface area contributed by atoms with E-state index < -0.39 is 0 Å². The van der Waals surface area contributed by atoms with Gasteiger partial charge in [0.05, 0.1) is 5.69 Å². The quantitative estimate of drug-likeness (QED) is 0.702. The highest BCUT2D eigenvalue weighted by Crippen LogP contribution is 2.24. The van der Waals surface area contributed by atoms with Gasteiger partial charge in [0, 0.05) is 44.4 Å². The summed E-state index contributed by atoms with van der Waals surface area (Å²) in [6.07, 6.45) is 7.52. The monoisotopic (exact) mass is 253 g/mol. The third kappa shape index (κ3) is 2.03. The molecule has 0 bridgehead atoms. The third-order valence-corrected chi connectivity index (χ3v) is 3.07. The molecule has 96 valence electrons. The Balaban J connectivity index is 2.11. The fraction of sp³-hybridized carbons (Fsp3) is 0.214. The van der Waals surface area contributed by atoms with Crippen molar-refractivity contribution < 1.29 is 0 Å². The standard InChI is InChI=1S/C14H15N5/c1-10-7-13(18(2)3)16-8-11(10)12-9-19-6-4-5-15-14(19)17-12/h4-9H,1-3H3. The second-order valence-electron chi connectivity index (χ2n) is 4.70. The Morgan fingerprint density at radius 3 is 2.74 bits per heavy atom. The second kappa shape index (κ2) is 4.35. The lowest BCUT2D eigenvalue weighted by Gasteiger charge is -2.12. The van der Waals surface area contributed by atoms with Crippen LogP contribution >= 0.6 is 0 Å². The Morgan fingerprint density at radius 1 is 1.21 bits per heavy atom. The molecule has 0 aromatic carbocycles. The van der Waals surface area contributed by atoms with E-state index in [0.717, 1.165) is 22.6 Å². The molecule has 0 N–H and O–H groups in total. The van der Waals surface area contributed by atoms with E-state index >= 15 is 0 Å². The van der Waals surface area contributed by atoms with Crippen LogP contribution in [0.25, 0.3) is 17.0 Å². The predicted molar refractivity (Wildman–Crippen MR) is 75.3 cm³/mol. The van der Waals surface area contributed by atoms with E-state index in [2.05, 4.69) is 27.9 Å². The normalized spacial score (nSPS) is 10.9.